The molecule has 1 N–H and O–H groups in total. The lowest BCUT2D eigenvalue weighted by atomic mass is 10.1. The second-order valence-electron chi connectivity index (χ2n) is 6.21. The lowest BCUT2D eigenvalue weighted by Gasteiger charge is -2.11. The molecule has 2 aromatic heterocycles. The van der Waals surface area contributed by atoms with Crippen molar-refractivity contribution < 1.29 is 12.9 Å². The number of rotatable bonds is 4. The Hall–Kier alpha value is -1.83. The Morgan fingerprint density at radius 1 is 1.12 bits per heavy atom. The van der Waals surface area contributed by atoms with Crippen molar-refractivity contribution in [3.8, 4) is 11.3 Å². The largest absolute Gasteiger partial charge is 0.356 e. The Balaban J connectivity index is 2.13. The van der Waals surface area contributed by atoms with Crippen LogP contribution in [-0.2, 0) is 10.0 Å². The zero-order valence-electron chi connectivity index (χ0n) is 15.1. The van der Waals surface area contributed by atoms with Gasteiger partial charge in [-0.2, -0.15) is 0 Å². The van der Waals surface area contributed by atoms with Crippen LogP contribution >= 0.6 is 22.9 Å². The van der Waals surface area contributed by atoms with E-state index in [0.717, 1.165) is 21.7 Å². The molecule has 0 aliphatic carbocycles. The average Bonchev–Trinajstić information content (AvgIpc) is 3.02. The predicted molar refractivity (Wildman–Crippen MR) is 106 cm³/mol. The molecule has 5 nitrogen and oxygen atoms in total. The smallest absolute Gasteiger partial charge is 0.263 e. The lowest BCUT2D eigenvalue weighted by Crippen LogP contribution is -2.14. The number of nitrogens with zero attached hydrogens (tertiary/aromatic N) is 1. The van der Waals surface area contributed by atoms with E-state index in [1.54, 1.807) is 25.1 Å². The Kier molecular flexibility index (Phi) is 4.90. The molecule has 26 heavy (non-hydrogen) atoms. The molecule has 0 unspecified atom stereocenters. The van der Waals surface area contributed by atoms with Crippen LogP contribution < -0.4 is 4.72 Å². The molecule has 0 aliphatic rings. The van der Waals surface area contributed by atoms with E-state index in [9.17, 15) is 8.42 Å². The molecule has 3 aromatic rings. The van der Waals surface area contributed by atoms with Gasteiger partial charge in [0.25, 0.3) is 10.0 Å². The van der Waals surface area contributed by atoms with Crippen molar-refractivity contribution in [2.45, 2.75) is 39.5 Å². The minimum atomic E-state index is -3.83. The lowest BCUT2D eigenvalue weighted by molar-refractivity contribution is 0.426. The minimum absolute atomic E-state index is 0.218. The Morgan fingerprint density at radius 2 is 1.81 bits per heavy atom. The SMILES string of the molecule is Cc1ccc(NS(=O)(=O)c2c(C)sc(C)c2-c2onc(C)c2C)cc1Cl. The molecule has 8 heteroatoms. The molecule has 0 spiro atoms. The van der Waals surface area contributed by atoms with Gasteiger partial charge in [0.1, 0.15) is 4.90 Å². The van der Waals surface area contributed by atoms with Crippen molar-refractivity contribution in [1.82, 2.24) is 5.16 Å². The predicted octanol–water partition coefficient (Wildman–Crippen LogP) is 5.40. The van der Waals surface area contributed by atoms with Crippen LogP contribution in [0.4, 0.5) is 5.69 Å². The van der Waals surface area contributed by atoms with E-state index in [4.69, 9.17) is 16.1 Å². The monoisotopic (exact) mass is 410 g/mol. The summed E-state index contributed by atoms with van der Waals surface area (Å²) in [5.41, 5.74) is 3.44. The van der Waals surface area contributed by atoms with Crippen molar-refractivity contribution in [1.29, 1.82) is 0 Å². The van der Waals surface area contributed by atoms with Crippen molar-refractivity contribution in [3.63, 3.8) is 0 Å². The molecule has 0 saturated carbocycles. The van der Waals surface area contributed by atoms with Gasteiger partial charge in [-0.3, -0.25) is 4.72 Å². The summed E-state index contributed by atoms with van der Waals surface area (Å²) < 4.78 is 34.3. The number of aryl methyl sites for hydroxylation is 4. The number of halogens is 1. The second-order valence-corrected chi connectivity index (χ2v) is 9.67. The van der Waals surface area contributed by atoms with Crippen LogP contribution in [0.1, 0.15) is 26.6 Å². The van der Waals surface area contributed by atoms with Gasteiger partial charge in [0.15, 0.2) is 5.76 Å². The molecule has 0 atom stereocenters. The summed E-state index contributed by atoms with van der Waals surface area (Å²) in [7, 11) is -3.83. The highest BCUT2D eigenvalue weighted by molar-refractivity contribution is 7.93. The first-order valence-electron chi connectivity index (χ1n) is 7.94. The van der Waals surface area contributed by atoms with Gasteiger partial charge in [0, 0.05) is 20.3 Å². The number of thiophene rings is 1. The summed E-state index contributed by atoms with van der Waals surface area (Å²) in [6.07, 6.45) is 0. The van der Waals surface area contributed by atoms with E-state index in [2.05, 4.69) is 9.88 Å². The van der Waals surface area contributed by atoms with Gasteiger partial charge in [0.2, 0.25) is 0 Å². The van der Waals surface area contributed by atoms with Crippen molar-refractivity contribution in [3.05, 3.63) is 49.8 Å². The minimum Gasteiger partial charge on any atom is -0.356 e. The first-order valence-corrected chi connectivity index (χ1v) is 10.6. The van der Waals surface area contributed by atoms with Crippen LogP contribution in [0.2, 0.25) is 5.02 Å². The number of hydrogen-bond acceptors (Lipinski definition) is 5. The summed E-state index contributed by atoms with van der Waals surface area (Å²) >= 11 is 7.54. The summed E-state index contributed by atoms with van der Waals surface area (Å²) in [5, 5.41) is 4.47. The highest BCUT2D eigenvalue weighted by Gasteiger charge is 2.29. The molecule has 138 valence electrons. The number of nitrogens with one attached hydrogen (secondary N) is 1. The van der Waals surface area contributed by atoms with Gasteiger partial charge < -0.3 is 4.52 Å². The third kappa shape index (κ3) is 3.26. The summed E-state index contributed by atoms with van der Waals surface area (Å²) in [4.78, 5) is 1.77. The quantitative estimate of drug-likeness (QED) is 0.625. The third-order valence-corrected chi connectivity index (χ3v) is 7.39. The summed E-state index contributed by atoms with van der Waals surface area (Å²) in [6, 6.07) is 5.07. The molecule has 0 amide bonds. The highest BCUT2D eigenvalue weighted by Crippen LogP contribution is 2.41. The third-order valence-electron chi connectivity index (χ3n) is 4.28. The molecule has 3 rings (SSSR count). The fraction of sp³-hybridized carbons (Fsp3) is 0.278. The summed E-state index contributed by atoms with van der Waals surface area (Å²) in [6.45, 7) is 9.23. The molecule has 1 aromatic carbocycles. The number of sulfonamides is 1. The molecule has 2 heterocycles. The van der Waals surface area contributed by atoms with Crippen LogP contribution in [0, 0.1) is 34.6 Å². The number of benzene rings is 1. The highest BCUT2D eigenvalue weighted by atomic mass is 35.5. The normalized spacial score (nSPS) is 11.8. The number of hydrogen-bond donors (Lipinski definition) is 1. The van der Waals surface area contributed by atoms with Crippen LogP contribution in [0.5, 0.6) is 0 Å². The first kappa shape index (κ1) is 18.9. The van der Waals surface area contributed by atoms with E-state index in [0.29, 0.717) is 26.9 Å². The van der Waals surface area contributed by atoms with Crippen molar-refractivity contribution >= 4 is 38.6 Å². The molecule has 0 fully saturated rings. The van der Waals surface area contributed by atoms with E-state index in [1.807, 2.05) is 27.7 Å². The van der Waals surface area contributed by atoms with Gasteiger partial charge in [-0.05, 0) is 52.3 Å². The maximum atomic E-state index is 13.1. The first-order chi connectivity index (χ1) is 12.1. The second kappa shape index (κ2) is 6.72. The van der Waals surface area contributed by atoms with E-state index >= 15 is 0 Å². The molecule has 0 bridgehead atoms. The Morgan fingerprint density at radius 3 is 2.38 bits per heavy atom. The molecule has 0 saturated heterocycles. The van der Waals surface area contributed by atoms with Gasteiger partial charge in [-0.25, -0.2) is 8.42 Å². The van der Waals surface area contributed by atoms with Crippen LogP contribution in [0.25, 0.3) is 11.3 Å². The van der Waals surface area contributed by atoms with Crippen molar-refractivity contribution in [2.24, 2.45) is 0 Å². The van der Waals surface area contributed by atoms with Gasteiger partial charge >= 0.3 is 0 Å². The molecule has 0 radical (unpaired) electrons. The Labute approximate surface area is 162 Å². The van der Waals surface area contributed by atoms with Crippen LogP contribution in [-0.4, -0.2) is 13.6 Å². The van der Waals surface area contributed by atoms with E-state index in [1.165, 1.54) is 11.3 Å². The topological polar surface area (TPSA) is 72.2 Å². The van der Waals surface area contributed by atoms with Gasteiger partial charge in [0.05, 0.1) is 16.9 Å². The van der Waals surface area contributed by atoms with Crippen LogP contribution in [0.3, 0.4) is 0 Å². The average molecular weight is 411 g/mol. The maximum absolute atomic E-state index is 13.1. The number of anilines is 1. The Bertz CT molecular complexity index is 1100. The molecular weight excluding hydrogens is 392 g/mol. The number of aromatic nitrogens is 1. The summed E-state index contributed by atoms with van der Waals surface area (Å²) in [5.74, 6) is 0.492. The fourth-order valence-corrected chi connectivity index (χ4v) is 5.84. The van der Waals surface area contributed by atoms with Crippen LogP contribution in [0.15, 0.2) is 27.6 Å². The van der Waals surface area contributed by atoms with E-state index < -0.39 is 10.0 Å². The maximum Gasteiger partial charge on any atom is 0.263 e. The standard InChI is InChI=1S/C18H19ClN2O3S2/c1-9-6-7-14(8-15(9)19)21-26(22,23)18-13(5)25-12(4)16(18)17-10(2)11(3)20-24-17/h6-8,21H,1-5H3. The van der Waals surface area contributed by atoms with Crippen molar-refractivity contribution in [2.75, 3.05) is 4.72 Å². The zero-order chi connectivity index (χ0) is 19.2. The van der Waals surface area contributed by atoms with Gasteiger partial charge in [-0.15, -0.1) is 11.3 Å². The van der Waals surface area contributed by atoms with Gasteiger partial charge in [-0.1, -0.05) is 22.8 Å². The zero-order valence-corrected chi connectivity index (χ0v) is 17.5. The molecular formula is C18H19ClN2O3S2. The fourth-order valence-electron chi connectivity index (χ4n) is 2.76. The van der Waals surface area contributed by atoms with E-state index in [-0.39, 0.29) is 4.90 Å². The molecule has 0 aliphatic heterocycles.